The third-order valence-electron chi connectivity index (χ3n) is 3.52. The second-order valence-electron chi connectivity index (χ2n) is 5.34. The lowest BCUT2D eigenvalue weighted by Gasteiger charge is -2.20. The Morgan fingerprint density at radius 3 is 2.54 bits per heavy atom. The minimum atomic E-state index is -0.426. The quantitative estimate of drug-likeness (QED) is 0.477. The average molecular weight is 379 g/mol. The van der Waals surface area contributed by atoms with Crippen molar-refractivity contribution in [2.75, 3.05) is 26.3 Å². The van der Waals surface area contributed by atoms with Crippen LogP contribution in [0.2, 0.25) is 5.15 Å². The van der Waals surface area contributed by atoms with Gasteiger partial charge in [-0.2, -0.15) is 0 Å². The highest BCUT2D eigenvalue weighted by Crippen LogP contribution is 2.26. The number of halogens is 1. The van der Waals surface area contributed by atoms with Gasteiger partial charge in [0.1, 0.15) is 10.9 Å². The van der Waals surface area contributed by atoms with Crippen molar-refractivity contribution < 1.29 is 19.0 Å². The van der Waals surface area contributed by atoms with E-state index in [9.17, 15) is 4.79 Å². The molecule has 1 amide bonds. The summed E-state index contributed by atoms with van der Waals surface area (Å²) in [4.78, 5) is 17.7. The first-order valence-corrected chi connectivity index (χ1v) is 8.94. The molecule has 6 nitrogen and oxygen atoms in total. The summed E-state index contributed by atoms with van der Waals surface area (Å²) in [5.74, 6) is 1.79. The smallest absolute Gasteiger partial charge is 0.415 e. The minimum Gasteiger partial charge on any atom is -0.490 e. The Kier molecular flexibility index (Phi) is 8.02. The molecule has 1 aromatic heterocycles. The van der Waals surface area contributed by atoms with Gasteiger partial charge in [0.05, 0.1) is 13.2 Å². The first-order chi connectivity index (χ1) is 12.6. The second-order valence-corrected chi connectivity index (χ2v) is 5.73. The molecule has 0 spiro atoms. The van der Waals surface area contributed by atoms with Crippen LogP contribution in [-0.4, -0.2) is 42.3 Å². The number of hydrogen-bond donors (Lipinski definition) is 0. The molecule has 0 aliphatic rings. The lowest BCUT2D eigenvalue weighted by Crippen LogP contribution is -2.34. The van der Waals surface area contributed by atoms with E-state index < -0.39 is 6.09 Å². The maximum absolute atomic E-state index is 12.2. The summed E-state index contributed by atoms with van der Waals surface area (Å²) >= 11 is 5.79. The predicted molar refractivity (Wildman–Crippen MR) is 100 cm³/mol. The minimum absolute atomic E-state index is 0.278. The van der Waals surface area contributed by atoms with Gasteiger partial charge in [-0.05, 0) is 38.5 Å². The molecule has 26 heavy (non-hydrogen) atoms. The number of aromatic nitrogens is 1. The Morgan fingerprint density at radius 1 is 1.15 bits per heavy atom. The number of nitrogens with zero attached hydrogens (tertiary/aromatic N) is 2. The number of ether oxygens (including phenoxy) is 3. The van der Waals surface area contributed by atoms with Crippen molar-refractivity contribution >= 4 is 17.7 Å². The van der Waals surface area contributed by atoms with Crippen LogP contribution in [0.1, 0.15) is 20.3 Å². The molecule has 0 unspecified atom stereocenters. The van der Waals surface area contributed by atoms with E-state index in [1.165, 1.54) is 12.3 Å². The van der Waals surface area contributed by atoms with E-state index in [0.29, 0.717) is 44.2 Å². The summed E-state index contributed by atoms with van der Waals surface area (Å²) in [6.45, 7) is 5.92. The van der Waals surface area contributed by atoms with Gasteiger partial charge in [0, 0.05) is 25.4 Å². The predicted octanol–water partition coefficient (Wildman–Crippen LogP) is 4.42. The van der Waals surface area contributed by atoms with Gasteiger partial charge in [-0.1, -0.05) is 23.7 Å². The second kappa shape index (κ2) is 10.5. The van der Waals surface area contributed by atoms with Gasteiger partial charge in [-0.3, -0.25) is 0 Å². The molecule has 0 aliphatic carbocycles. The molecule has 7 heteroatoms. The van der Waals surface area contributed by atoms with E-state index in [4.69, 9.17) is 25.8 Å². The molecular formula is C19H23ClN2O4. The van der Waals surface area contributed by atoms with Crippen molar-refractivity contribution in [1.29, 1.82) is 0 Å². The largest absolute Gasteiger partial charge is 0.490 e. The Bertz CT molecular complexity index is 711. The third-order valence-corrected chi connectivity index (χ3v) is 3.73. The van der Waals surface area contributed by atoms with Crippen molar-refractivity contribution in [2.24, 2.45) is 0 Å². The van der Waals surface area contributed by atoms with E-state index >= 15 is 0 Å². The zero-order chi connectivity index (χ0) is 18.8. The lowest BCUT2D eigenvalue weighted by molar-refractivity contribution is 0.150. The summed E-state index contributed by atoms with van der Waals surface area (Å²) in [5.41, 5.74) is 0. The van der Waals surface area contributed by atoms with Gasteiger partial charge in [-0.15, -0.1) is 0 Å². The van der Waals surface area contributed by atoms with E-state index in [1.54, 1.807) is 11.0 Å². The Labute approximate surface area is 158 Å². The van der Waals surface area contributed by atoms with Gasteiger partial charge in [0.25, 0.3) is 0 Å². The molecule has 0 aliphatic heterocycles. The van der Waals surface area contributed by atoms with Crippen LogP contribution in [0, 0.1) is 0 Å². The Morgan fingerprint density at radius 2 is 1.88 bits per heavy atom. The van der Waals surface area contributed by atoms with Crippen molar-refractivity contribution in [3.8, 4) is 17.2 Å². The zero-order valence-corrected chi connectivity index (χ0v) is 15.7. The van der Waals surface area contributed by atoms with Gasteiger partial charge in [0.2, 0.25) is 0 Å². The standard InChI is InChI=1S/C19H23ClN2O4/c1-3-22(19(23)26-15-10-11-21-18(20)14-15)12-7-13-25-17-9-6-5-8-16(17)24-4-2/h5-6,8-11,14H,3-4,7,12-13H2,1-2H3. The van der Waals surface area contributed by atoms with Crippen LogP contribution >= 0.6 is 11.6 Å². The molecule has 0 atom stereocenters. The van der Waals surface area contributed by atoms with Crippen LogP contribution in [0.5, 0.6) is 17.2 Å². The monoisotopic (exact) mass is 378 g/mol. The molecule has 0 N–H and O–H groups in total. The molecule has 0 bridgehead atoms. The average Bonchev–Trinajstić information content (AvgIpc) is 2.63. The van der Waals surface area contributed by atoms with E-state index in [2.05, 4.69) is 4.98 Å². The van der Waals surface area contributed by atoms with E-state index in [-0.39, 0.29) is 5.15 Å². The summed E-state index contributed by atoms with van der Waals surface area (Å²) in [6.07, 6.45) is 1.73. The third kappa shape index (κ3) is 6.11. The number of amides is 1. The lowest BCUT2D eigenvalue weighted by atomic mass is 10.3. The van der Waals surface area contributed by atoms with Crippen LogP contribution < -0.4 is 14.2 Å². The molecule has 0 saturated carbocycles. The maximum atomic E-state index is 12.2. The molecule has 1 heterocycles. The fourth-order valence-electron chi connectivity index (χ4n) is 2.27. The van der Waals surface area contributed by atoms with Crippen LogP contribution in [0.25, 0.3) is 0 Å². The molecule has 0 saturated heterocycles. The van der Waals surface area contributed by atoms with Crippen molar-refractivity contribution in [1.82, 2.24) is 9.88 Å². The van der Waals surface area contributed by atoms with Crippen LogP contribution in [-0.2, 0) is 0 Å². The Balaban J connectivity index is 1.80. The number of para-hydroxylation sites is 2. The summed E-state index contributed by atoms with van der Waals surface area (Å²) < 4.78 is 16.6. The van der Waals surface area contributed by atoms with Gasteiger partial charge >= 0.3 is 6.09 Å². The van der Waals surface area contributed by atoms with Crippen molar-refractivity contribution in [3.63, 3.8) is 0 Å². The zero-order valence-electron chi connectivity index (χ0n) is 15.0. The highest BCUT2D eigenvalue weighted by molar-refractivity contribution is 6.29. The molecular weight excluding hydrogens is 356 g/mol. The summed E-state index contributed by atoms with van der Waals surface area (Å²) in [7, 11) is 0. The first kappa shape index (κ1) is 19.8. The normalized spacial score (nSPS) is 10.3. The van der Waals surface area contributed by atoms with Crippen molar-refractivity contribution in [2.45, 2.75) is 20.3 Å². The highest BCUT2D eigenvalue weighted by Gasteiger charge is 2.14. The van der Waals surface area contributed by atoms with E-state index in [1.807, 2.05) is 38.1 Å². The first-order valence-electron chi connectivity index (χ1n) is 8.57. The molecule has 1 aromatic carbocycles. The number of hydrogen-bond acceptors (Lipinski definition) is 5. The van der Waals surface area contributed by atoms with Crippen LogP contribution in [0.3, 0.4) is 0 Å². The maximum Gasteiger partial charge on any atom is 0.415 e. The fourth-order valence-corrected chi connectivity index (χ4v) is 2.44. The SMILES string of the molecule is CCOc1ccccc1OCCCN(CC)C(=O)Oc1ccnc(Cl)c1. The van der Waals surface area contributed by atoms with Crippen LogP contribution in [0.4, 0.5) is 4.79 Å². The number of pyridine rings is 1. The van der Waals surface area contributed by atoms with Gasteiger partial charge < -0.3 is 19.1 Å². The molecule has 2 aromatic rings. The molecule has 140 valence electrons. The summed E-state index contributed by atoms with van der Waals surface area (Å²) in [5, 5.41) is 0.278. The Hall–Kier alpha value is -2.47. The summed E-state index contributed by atoms with van der Waals surface area (Å²) in [6, 6.07) is 10.6. The van der Waals surface area contributed by atoms with Gasteiger partial charge in [0.15, 0.2) is 11.5 Å². The highest BCUT2D eigenvalue weighted by atomic mass is 35.5. The molecule has 0 fully saturated rings. The number of rotatable bonds is 9. The van der Waals surface area contributed by atoms with Gasteiger partial charge in [-0.25, -0.2) is 9.78 Å². The van der Waals surface area contributed by atoms with E-state index in [0.717, 1.165) is 5.75 Å². The molecule has 0 radical (unpaired) electrons. The fraction of sp³-hybridized carbons (Fsp3) is 0.368. The number of carbonyl (C=O) groups excluding carboxylic acids is 1. The number of benzene rings is 1. The topological polar surface area (TPSA) is 60.9 Å². The van der Waals surface area contributed by atoms with Crippen LogP contribution in [0.15, 0.2) is 42.6 Å². The number of carbonyl (C=O) groups is 1. The van der Waals surface area contributed by atoms with Crippen molar-refractivity contribution in [3.05, 3.63) is 47.7 Å². The molecule has 2 rings (SSSR count).